The van der Waals surface area contributed by atoms with E-state index in [1.165, 1.54) is 18.2 Å². The Morgan fingerprint density at radius 2 is 1.73 bits per heavy atom. The van der Waals surface area contributed by atoms with Crippen LogP contribution in [0.1, 0.15) is 66.1 Å². The lowest BCUT2D eigenvalue weighted by Gasteiger charge is -2.28. The number of carbonyl (C=O) groups is 1. The van der Waals surface area contributed by atoms with Gasteiger partial charge < -0.3 is 14.6 Å². The van der Waals surface area contributed by atoms with Crippen LogP contribution in [0.4, 0.5) is 13.2 Å². The fraction of sp³-hybridized carbons (Fsp3) is 0.300. The van der Waals surface area contributed by atoms with Gasteiger partial charge in [-0.25, -0.2) is 18.0 Å². The van der Waals surface area contributed by atoms with Crippen LogP contribution < -0.4 is 4.74 Å². The van der Waals surface area contributed by atoms with Crippen molar-refractivity contribution in [3.05, 3.63) is 101 Å². The van der Waals surface area contributed by atoms with Crippen molar-refractivity contribution in [3.63, 3.8) is 0 Å². The number of halogens is 3. The van der Waals surface area contributed by atoms with Gasteiger partial charge in [-0.05, 0) is 73.4 Å². The standard InChI is InChI=1S/C30H29F3O4/c1-3-16-36-27-15-10-22(17-26(27)31)20-8-11-23(12-9-20)37-30(35)25-14-13-24(28(32)29(25)33)21-6-4-19(5-7-21)18(2)34/h3-7,10,13-15,17-18,20,23,34H,1,8-9,11-12,16H2,2H3. The van der Waals surface area contributed by atoms with E-state index in [4.69, 9.17) is 9.47 Å². The number of aliphatic hydroxyl groups excluding tert-OH is 1. The highest BCUT2D eigenvalue weighted by molar-refractivity contribution is 5.90. The molecular weight excluding hydrogens is 481 g/mol. The van der Waals surface area contributed by atoms with Crippen LogP contribution in [0.5, 0.6) is 5.75 Å². The van der Waals surface area contributed by atoms with Gasteiger partial charge in [-0.15, -0.1) is 0 Å². The van der Waals surface area contributed by atoms with Gasteiger partial charge in [-0.3, -0.25) is 0 Å². The number of carbonyl (C=O) groups excluding carboxylic acids is 1. The summed E-state index contributed by atoms with van der Waals surface area (Å²) in [5, 5.41) is 9.63. The van der Waals surface area contributed by atoms with Crippen LogP contribution >= 0.6 is 0 Å². The van der Waals surface area contributed by atoms with Crippen LogP contribution in [-0.2, 0) is 4.74 Å². The molecule has 3 aromatic rings. The van der Waals surface area contributed by atoms with Crippen molar-refractivity contribution in [2.75, 3.05) is 6.61 Å². The van der Waals surface area contributed by atoms with Gasteiger partial charge in [0.25, 0.3) is 0 Å². The molecule has 1 aliphatic rings. The van der Waals surface area contributed by atoms with E-state index in [0.29, 0.717) is 36.8 Å². The molecule has 3 aromatic carbocycles. The zero-order chi connectivity index (χ0) is 26.5. The summed E-state index contributed by atoms with van der Waals surface area (Å²) < 4.78 is 54.8. The fourth-order valence-electron chi connectivity index (χ4n) is 4.64. The minimum atomic E-state index is -1.26. The second-order valence-corrected chi connectivity index (χ2v) is 9.26. The molecule has 37 heavy (non-hydrogen) atoms. The Morgan fingerprint density at radius 1 is 1.03 bits per heavy atom. The molecule has 0 aromatic heterocycles. The molecule has 0 aliphatic heterocycles. The van der Waals surface area contributed by atoms with Gasteiger partial charge in [0.2, 0.25) is 0 Å². The molecule has 0 saturated heterocycles. The maximum absolute atomic E-state index is 14.8. The highest BCUT2D eigenvalue weighted by Crippen LogP contribution is 2.36. The minimum Gasteiger partial charge on any atom is -0.486 e. The molecule has 1 N–H and O–H groups in total. The first-order chi connectivity index (χ1) is 17.8. The van der Waals surface area contributed by atoms with E-state index < -0.39 is 41.2 Å². The van der Waals surface area contributed by atoms with Crippen molar-refractivity contribution >= 4 is 5.97 Å². The summed E-state index contributed by atoms with van der Waals surface area (Å²) in [6.07, 6.45) is 2.84. The molecular formula is C30H29F3O4. The van der Waals surface area contributed by atoms with Gasteiger partial charge in [-0.2, -0.15) is 0 Å². The summed E-state index contributed by atoms with van der Waals surface area (Å²) in [6.45, 7) is 5.38. The minimum absolute atomic E-state index is 0.0137. The lowest BCUT2D eigenvalue weighted by Crippen LogP contribution is -2.24. The van der Waals surface area contributed by atoms with Crippen molar-refractivity contribution in [2.24, 2.45) is 0 Å². The Balaban J connectivity index is 1.38. The van der Waals surface area contributed by atoms with E-state index in [2.05, 4.69) is 6.58 Å². The Morgan fingerprint density at radius 3 is 2.35 bits per heavy atom. The maximum Gasteiger partial charge on any atom is 0.341 e. The molecule has 1 aliphatic carbocycles. The third-order valence-electron chi connectivity index (χ3n) is 6.74. The topological polar surface area (TPSA) is 55.8 Å². The summed E-state index contributed by atoms with van der Waals surface area (Å²) in [4.78, 5) is 12.6. The third-order valence-corrected chi connectivity index (χ3v) is 6.74. The smallest absolute Gasteiger partial charge is 0.341 e. The quantitative estimate of drug-likeness (QED) is 0.256. The zero-order valence-corrected chi connectivity index (χ0v) is 20.6. The van der Waals surface area contributed by atoms with Crippen LogP contribution in [0.15, 0.2) is 67.3 Å². The maximum atomic E-state index is 14.8. The average Bonchev–Trinajstić information content (AvgIpc) is 2.90. The summed E-state index contributed by atoms with van der Waals surface area (Å²) >= 11 is 0. The Hall–Kier alpha value is -3.58. The molecule has 1 saturated carbocycles. The van der Waals surface area contributed by atoms with E-state index in [1.54, 1.807) is 43.3 Å². The first-order valence-electron chi connectivity index (χ1n) is 12.3. The van der Waals surface area contributed by atoms with E-state index in [0.717, 1.165) is 5.56 Å². The molecule has 0 heterocycles. The van der Waals surface area contributed by atoms with Crippen LogP contribution in [0, 0.1) is 17.5 Å². The lowest BCUT2D eigenvalue weighted by atomic mass is 9.82. The molecule has 4 nitrogen and oxygen atoms in total. The highest BCUT2D eigenvalue weighted by atomic mass is 19.2. The molecule has 0 spiro atoms. The van der Waals surface area contributed by atoms with Crippen LogP contribution in [0.25, 0.3) is 11.1 Å². The van der Waals surface area contributed by atoms with Crippen molar-refractivity contribution < 1.29 is 32.5 Å². The third kappa shape index (κ3) is 6.05. The average molecular weight is 511 g/mol. The van der Waals surface area contributed by atoms with Crippen LogP contribution in [-0.4, -0.2) is 23.8 Å². The van der Waals surface area contributed by atoms with Crippen molar-refractivity contribution in [1.82, 2.24) is 0 Å². The van der Waals surface area contributed by atoms with E-state index in [1.807, 2.05) is 6.07 Å². The van der Waals surface area contributed by atoms with Crippen molar-refractivity contribution in [1.29, 1.82) is 0 Å². The van der Waals surface area contributed by atoms with Crippen molar-refractivity contribution in [2.45, 2.75) is 50.7 Å². The first-order valence-corrected chi connectivity index (χ1v) is 12.3. The summed E-state index contributed by atoms with van der Waals surface area (Å²) in [7, 11) is 0. The Kier molecular flexibility index (Phi) is 8.34. The highest BCUT2D eigenvalue weighted by Gasteiger charge is 2.28. The first kappa shape index (κ1) is 26.5. The predicted molar refractivity (Wildman–Crippen MR) is 135 cm³/mol. The van der Waals surface area contributed by atoms with E-state index >= 15 is 0 Å². The second kappa shape index (κ2) is 11.6. The van der Waals surface area contributed by atoms with E-state index in [-0.39, 0.29) is 23.8 Å². The lowest BCUT2D eigenvalue weighted by molar-refractivity contribution is 0.0189. The number of benzene rings is 3. The molecule has 1 fully saturated rings. The zero-order valence-electron chi connectivity index (χ0n) is 20.6. The van der Waals surface area contributed by atoms with Gasteiger partial charge in [-0.1, -0.05) is 49.1 Å². The van der Waals surface area contributed by atoms with Crippen LogP contribution in [0.2, 0.25) is 0 Å². The molecule has 1 unspecified atom stereocenters. The Labute approximate surface area is 214 Å². The summed E-state index contributed by atoms with van der Waals surface area (Å²) in [5.41, 5.74) is 1.48. The molecule has 1 atom stereocenters. The Bertz CT molecular complexity index is 1260. The summed E-state index contributed by atoms with van der Waals surface area (Å²) in [5.74, 6) is -3.47. The van der Waals surface area contributed by atoms with Gasteiger partial charge in [0.05, 0.1) is 11.7 Å². The van der Waals surface area contributed by atoms with Gasteiger partial charge in [0.1, 0.15) is 12.7 Å². The molecule has 194 valence electrons. The number of hydrogen-bond acceptors (Lipinski definition) is 4. The second-order valence-electron chi connectivity index (χ2n) is 9.26. The number of esters is 1. The SMILES string of the molecule is C=CCOc1ccc(C2CCC(OC(=O)c3ccc(-c4ccc(C(C)O)cc4)c(F)c3F)CC2)cc1F. The summed E-state index contributed by atoms with van der Waals surface area (Å²) in [6, 6.07) is 13.9. The monoisotopic (exact) mass is 510 g/mol. The van der Waals surface area contributed by atoms with E-state index in [9.17, 15) is 23.1 Å². The van der Waals surface area contributed by atoms with Gasteiger partial charge in [0, 0.05) is 5.56 Å². The number of ether oxygens (including phenoxy) is 2. The number of aliphatic hydroxyl groups is 1. The fourth-order valence-corrected chi connectivity index (χ4v) is 4.64. The molecule has 0 amide bonds. The number of rotatable bonds is 8. The molecule has 7 heteroatoms. The largest absolute Gasteiger partial charge is 0.486 e. The van der Waals surface area contributed by atoms with Crippen LogP contribution in [0.3, 0.4) is 0 Å². The molecule has 4 rings (SSSR count). The van der Waals surface area contributed by atoms with Gasteiger partial charge in [0.15, 0.2) is 23.2 Å². The van der Waals surface area contributed by atoms with Crippen molar-refractivity contribution in [3.8, 4) is 16.9 Å². The molecule has 0 bridgehead atoms. The number of hydrogen-bond donors (Lipinski definition) is 1. The molecule has 0 radical (unpaired) electrons. The predicted octanol–water partition coefficient (Wildman–Crippen LogP) is 7.27. The normalized spacial score (nSPS) is 18.2. The van der Waals surface area contributed by atoms with Gasteiger partial charge >= 0.3 is 5.97 Å².